The van der Waals surface area contributed by atoms with E-state index in [0.29, 0.717) is 5.69 Å². The molecular formula is C10H12N2O3. The van der Waals surface area contributed by atoms with E-state index in [2.05, 4.69) is 4.98 Å². The summed E-state index contributed by atoms with van der Waals surface area (Å²) in [7, 11) is 1.60. The predicted octanol–water partition coefficient (Wildman–Crippen LogP) is 0.909. The molecule has 0 saturated heterocycles. The highest BCUT2D eigenvalue weighted by Crippen LogP contribution is 2.10. The molecule has 15 heavy (non-hydrogen) atoms. The number of aromatic nitrogens is 1. The van der Waals surface area contributed by atoms with Crippen molar-refractivity contribution in [2.45, 2.75) is 12.8 Å². The van der Waals surface area contributed by atoms with Crippen LogP contribution in [0.15, 0.2) is 24.5 Å². The fourth-order valence-electron chi connectivity index (χ4n) is 1.08. The van der Waals surface area contributed by atoms with Gasteiger partial charge in [-0.05, 0) is 12.1 Å². The van der Waals surface area contributed by atoms with Crippen LogP contribution in [0.4, 0.5) is 5.69 Å². The maximum Gasteiger partial charge on any atom is 0.303 e. The number of carboxylic acids is 1. The van der Waals surface area contributed by atoms with Gasteiger partial charge in [-0.15, -0.1) is 0 Å². The van der Waals surface area contributed by atoms with Gasteiger partial charge in [0.1, 0.15) is 0 Å². The maximum atomic E-state index is 11.5. The van der Waals surface area contributed by atoms with E-state index in [1.165, 1.54) is 4.90 Å². The van der Waals surface area contributed by atoms with E-state index < -0.39 is 5.97 Å². The number of pyridine rings is 1. The largest absolute Gasteiger partial charge is 0.481 e. The Bertz CT molecular complexity index is 351. The molecule has 0 aliphatic rings. The minimum Gasteiger partial charge on any atom is -0.481 e. The molecule has 1 aromatic heterocycles. The summed E-state index contributed by atoms with van der Waals surface area (Å²) >= 11 is 0. The van der Waals surface area contributed by atoms with E-state index in [1.54, 1.807) is 31.6 Å². The second kappa shape index (κ2) is 5.09. The third-order valence-corrected chi connectivity index (χ3v) is 1.96. The van der Waals surface area contributed by atoms with Crippen molar-refractivity contribution in [1.29, 1.82) is 0 Å². The van der Waals surface area contributed by atoms with E-state index in [9.17, 15) is 9.59 Å². The fraction of sp³-hybridized carbons (Fsp3) is 0.300. The summed E-state index contributed by atoms with van der Waals surface area (Å²) in [6.07, 6.45) is 3.02. The first-order chi connectivity index (χ1) is 7.11. The molecule has 0 aliphatic carbocycles. The first-order valence-electron chi connectivity index (χ1n) is 4.49. The third kappa shape index (κ3) is 3.38. The average Bonchev–Trinajstić information content (AvgIpc) is 2.26. The second-order valence-electron chi connectivity index (χ2n) is 3.06. The normalized spacial score (nSPS) is 9.67. The molecule has 0 spiro atoms. The van der Waals surface area contributed by atoms with Crippen LogP contribution in [0, 0.1) is 0 Å². The number of hydrogen-bond donors (Lipinski definition) is 1. The summed E-state index contributed by atoms with van der Waals surface area (Å²) in [5.41, 5.74) is 0.660. The van der Waals surface area contributed by atoms with Crippen molar-refractivity contribution in [3.8, 4) is 0 Å². The van der Waals surface area contributed by atoms with Crippen molar-refractivity contribution in [3.63, 3.8) is 0 Å². The Morgan fingerprint density at radius 3 is 2.73 bits per heavy atom. The van der Waals surface area contributed by atoms with Crippen LogP contribution in [-0.4, -0.2) is 29.0 Å². The van der Waals surface area contributed by atoms with Crippen molar-refractivity contribution in [1.82, 2.24) is 4.98 Å². The van der Waals surface area contributed by atoms with Crippen molar-refractivity contribution < 1.29 is 14.7 Å². The molecule has 0 atom stereocenters. The van der Waals surface area contributed by atoms with Gasteiger partial charge in [-0.2, -0.15) is 0 Å². The van der Waals surface area contributed by atoms with Crippen molar-refractivity contribution >= 4 is 17.6 Å². The Hall–Kier alpha value is -1.91. The van der Waals surface area contributed by atoms with Gasteiger partial charge in [-0.1, -0.05) is 0 Å². The summed E-state index contributed by atoms with van der Waals surface area (Å²) in [5, 5.41) is 8.43. The van der Waals surface area contributed by atoms with Crippen LogP contribution in [0.2, 0.25) is 0 Å². The van der Waals surface area contributed by atoms with Crippen LogP contribution in [0.25, 0.3) is 0 Å². The number of anilines is 1. The number of carbonyl (C=O) groups is 2. The number of hydrogen-bond acceptors (Lipinski definition) is 3. The molecule has 0 aliphatic heterocycles. The van der Waals surface area contributed by atoms with E-state index in [4.69, 9.17) is 5.11 Å². The Kier molecular flexibility index (Phi) is 3.79. The van der Waals surface area contributed by atoms with Crippen molar-refractivity contribution in [3.05, 3.63) is 24.5 Å². The Morgan fingerprint density at radius 2 is 2.20 bits per heavy atom. The smallest absolute Gasteiger partial charge is 0.303 e. The lowest BCUT2D eigenvalue weighted by Crippen LogP contribution is -2.26. The predicted molar refractivity (Wildman–Crippen MR) is 54.5 cm³/mol. The number of carbonyl (C=O) groups excluding carboxylic acids is 1. The first kappa shape index (κ1) is 11.2. The summed E-state index contributed by atoms with van der Waals surface area (Å²) in [4.78, 5) is 27.0. The Labute approximate surface area is 87.4 Å². The standard InChI is InChI=1S/C10H12N2O3/c1-12(8-3-2-6-11-7-8)9(13)4-5-10(14)15/h2-3,6-7H,4-5H2,1H3,(H,14,15). The van der Waals surface area contributed by atoms with Crippen LogP contribution in [-0.2, 0) is 9.59 Å². The minimum atomic E-state index is -0.970. The molecule has 1 N–H and O–H groups in total. The van der Waals surface area contributed by atoms with Gasteiger partial charge in [0.15, 0.2) is 0 Å². The SMILES string of the molecule is CN(C(=O)CCC(=O)O)c1cccnc1. The van der Waals surface area contributed by atoms with E-state index in [0.717, 1.165) is 0 Å². The lowest BCUT2D eigenvalue weighted by molar-refractivity contribution is -0.138. The molecule has 1 rings (SSSR count). The van der Waals surface area contributed by atoms with Gasteiger partial charge in [-0.25, -0.2) is 0 Å². The van der Waals surface area contributed by atoms with Crippen LogP contribution in [0.1, 0.15) is 12.8 Å². The highest BCUT2D eigenvalue weighted by Gasteiger charge is 2.12. The minimum absolute atomic E-state index is 0.000722. The van der Waals surface area contributed by atoms with E-state index >= 15 is 0 Å². The molecule has 0 radical (unpaired) electrons. The van der Waals surface area contributed by atoms with Crippen LogP contribution in [0.3, 0.4) is 0 Å². The Balaban J connectivity index is 2.57. The molecule has 0 bridgehead atoms. The lowest BCUT2D eigenvalue weighted by Gasteiger charge is -2.15. The molecule has 1 amide bonds. The fourth-order valence-corrected chi connectivity index (χ4v) is 1.08. The zero-order valence-corrected chi connectivity index (χ0v) is 8.38. The summed E-state index contributed by atoms with van der Waals surface area (Å²) in [5.74, 6) is -1.20. The second-order valence-corrected chi connectivity index (χ2v) is 3.06. The average molecular weight is 208 g/mol. The van der Waals surface area contributed by atoms with Gasteiger partial charge in [0, 0.05) is 19.7 Å². The Morgan fingerprint density at radius 1 is 1.47 bits per heavy atom. The first-order valence-corrected chi connectivity index (χ1v) is 4.49. The highest BCUT2D eigenvalue weighted by atomic mass is 16.4. The number of aliphatic carboxylic acids is 1. The molecule has 0 unspecified atom stereocenters. The summed E-state index contributed by atoms with van der Waals surface area (Å²) in [6.45, 7) is 0. The molecule has 0 aromatic carbocycles. The van der Waals surface area contributed by atoms with Gasteiger partial charge < -0.3 is 10.0 Å². The topological polar surface area (TPSA) is 70.5 Å². The van der Waals surface area contributed by atoms with Crippen molar-refractivity contribution in [2.75, 3.05) is 11.9 Å². The maximum absolute atomic E-state index is 11.5. The van der Waals surface area contributed by atoms with Crippen molar-refractivity contribution in [2.24, 2.45) is 0 Å². The summed E-state index contributed by atoms with van der Waals surface area (Å²) in [6, 6.07) is 3.46. The zero-order chi connectivity index (χ0) is 11.3. The van der Waals surface area contributed by atoms with Gasteiger partial charge in [-0.3, -0.25) is 14.6 Å². The van der Waals surface area contributed by atoms with Gasteiger partial charge >= 0.3 is 5.97 Å². The molecule has 5 heteroatoms. The molecule has 0 fully saturated rings. The van der Waals surface area contributed by atoms with Crippen LogP contribution in [0.5, 0.6) is 0 Å². The van der Waals surface area contributed by atoms with Crippen LogP contribution < -0.4 is 4.90 Å². The van der Waals surface area contributed by atoms with Gasteiger partial charge in [0.2, 0.25) is 5.91 Å². The monoisotopic (exact) mass is 208 g/mol. The number of carboxylic acid groups (broad SMARTS) is 1. The highest BCUT2D eigenvalue weighted by molar-refractivity contribution is 5.94. The lowest BCUT2D eigenvalue weighted by atomic mass is 10.2. The van der Waals surface area contributed by atoms with E-state index in [-0.39, 0.29) is 18.7 Å². The molecule has 1 heterocycles. The molecule has 1 aromatic rings. The molecule has 0 saturated carbocycles. The van der Waals surface area contributed by atoms with E-state index in [1.807, 2.05) is 0 Å². The van der Waals surface area contributed by atoms with Crippen LogP contribution >= 0.6 is 0 Å². The molecule has 80 valence electrons. The molecule has 5 nitrogen and oxygen atoms in total. The molecular weight excluding hydrogens is 196 g/mol. The zero-order valence-electron chi connectivity index (χ0n) is 8.38. The number of nitrogens with zero attached hydrogens (tertiary/aromatic N) is 2. The third-order valence-electron chi connectivity index (χ3n) is 1.96. The quantitative estimate of drug-likeness (QED) is 0.798. The number of rotatable bonds is 4. The van der Waals surface area contributed by atoms with Gasteiger partial charge in [0.05, 0.1) is 18.3 Å². The number of amides is 1. The van der Waals surface area contributed by atoms with Gasteiger partial charge in [0.25, 0.3) is 0 Å². The summed E-state index contributed by atoms with van der Waals surface area (Å²) < 4.78 is 0.